The number of thiophene rings is 1. The first-order chi connectivity index (χ1) is 12.1. The Morgan fingerprint density at radius 3 is 2.32 bits per heavy atom. The van der Waals surface area contributed by atoms with Gasteiger partial charge in [-0.1, -0.05) is 34.1 Å². The zero-order valence-electron chi connectivity index (χ0n) is 13.6. The minimum absolute atomic E-state index is 0.152. The molecule has 1 aromatic heterocycles. The number of hydrogen-bond donors (Lipinski definition) is 0. The molecule has 2 aromatic carbocycles. The maximum atomic E-state index is 12.9. The van der Waals surface area contributed by atoms with E-state index in [1.807, 2.05) is 29.0 Å². The summed E-state index contributed by atoms with van der Waals surface area (Å²) in [5, 5.41) is 4.00. The molecule has 25 heavy (non-hydrogen) atoms. The normalized spacial score (nSPS) is 10.5. The van der Waals surface area contributed by atoms with Gasteiger partial charge in [-0.05, 0) is 52.7 Å². The third-order valence-corrected chi connectivity index (χ3v) is 5.12. The predicted octanol–water partition coefficient (Wildman–Crippen LogP) is 5.01. The largest absolute Gasteiger partial charge is 0.337 e. The molecule has 0 aliphatic carbocycles. The summed E-state index contributed by atoms with van der Waals surface area (Å²) >= 11 is 4.96. The lowest BCUT2D eigenvalue weighted by Gasteiger charge is -2.18. The van der Waals surface area contributed by atoms with Crippen LogP contribution in [0.5, 0.6) is 0 Å². The van der Waals surface area contributed by atoms with E-state index >= 15 is 0 Å². The summed E-state index contributed by atoms with van der Waals surface area (Å²) in [7, 11) is 1.75. The molecular formula is C20H16BrNO2S. The van der Waals surface area contributed by atoms with E-state index < -0.39 is 0 Å². The summed E-state index contributed by atoms with van der Waals surface area (Å²) in [4.78, 5) is 27.3. The second kappa shape index (κ2) is 7.76. The van der Waals surface area contributed by atoms with Crippen molar-refractivity contribution in [3.8, 4) is 0 Å². The van der Waals surface area contributed by atoms with E-state index in [1.54, 1.807) is 59.7 Å². The Bertz CT molecular complexity index is 888. The Balaban J connectivity index is 1.88. The highest BCUT2D eigenvalue weighted by Crippen LogP contribution is 2.19. The Hall–Kier alpha value is -2.24. The van der Waals surface area contributed by atoms with Crippen LogP contribution in [0.3, 0.4) is 0 Å². The summed E-state index contributed by atoms with van der Waals surface area (Å²) in [5.41, 5.74) is 2.49. The number of carbonyl (C=O) groups excluding carboxylic acids is 2. The average Bonchev–Trinajstić information content (AvgIpc) is 3.14. The summed E-state index contributed by atoms with van der Waals surface area (Å²) in [6.07, 6.45) is 0. The van der Waals surface area contributed by atoms with E-state index in [4.69, 9.17) is 0 Å². The van der Waals surface area contributed by atoms with Crippen LogP contribution in [0.15, 0.2) is 69.8 Å². The molecule has 5 heteroatoms. The van der Waals surface area contributed by atoms with Crippen molar-refractivity contribution < 1.29 is 9.59 Å². The molecule has 0 saturated carbocycles. The molecule has 0 aliphatic heterocycles. The van der Waals surface area contributed by atoms with Gasteiger partial charge in [0.15, 0.2) is 5.78 Å². The second-order valence-electron chi connectivity index (χ2n) is 5.67. The number of nitrogens with zero attached hydrogens (tertiary/aromatic N) is 1. The van der Waals surface area contributed by atoms with Crippen molar-refractivity contribution in [2.45, 2.75) is 6.54 Å². The van der Waals surface area contributed by atoms with Crippen LogP contribution in [0, 0.1) is 0 Å². The molecule has 0 atom stereocenters. The fourth-order valence-corrected chi connectivity index (χ4v) is 3.48. The smallest absolute Gasteiger partial charge is 0.254 e. The first kappa shape index (κ1) is 17.6. The van der Waals surface area contributed by atoms with Crippen molar-refractivity contribution in [2.24, 2.45) is 0 Å². The molecule has 0 bridgehead atoms. The molecule has 126 valence electrons. The number of halogens is 1. The third kappa shape index (κ3) is 4.06. The minimum Gasteiger partial charge on any atom is -0.337 e. The molecule has 3 aromatic rings. The molecule has 0 spiro atoms. The van der Waals surface area contributed by atoms with Gasteiger partial charge in [-0.25, -0.2) is 0 Å². The Kier molecular flexibility index (Phi) is 5.46. The predicted molar refractivity (Wildman–Crippen MR) is 104 cm³/mol. The molecule has 0 aliphatic rings. The van der Waals surface area contributed by atoms with Crippen LogP contribution in [0.4, 0.5) is 0 Å². The van der Waals surface area contributed by atoms with Gasteiger partial charge in [-0.3, -0.25) is 9.59 Å². The van der Waals surface area contributed by atoms with Crippen molar-refractivity contribution in [1.82, 2.24) is 4.90 Å². The van der Waals surface area contributed by atoms with E-state index in [0.717, 1.165) is 10.0 Å². The summed E-state index contributed by atoms with van der Waals surface area (Å²) in [6, 6.07) is 16.1. The average molecular weight is 414 g/mol. The molecular weight excluding hydrogens is 398 g/mol. The minimum atomic E-state index is -0.160. The van der Waals surface area contributed by atoms with Crippen LogP contribution < -0.4 is 0 Å². The number of rotatable bonds is 5. The molecule has 1 heterocycles. The zero-order valence-corrected chi connectivity index (χ0v) is 16.0. The van der Waals surface area contributed by atoms with Crippen molar-refractivity contribution >= 4 is 39.0 Å². The first-order valence-electron chi connectivity index (χ1n) is 7.72. The maximum absolute atomic E-state index is 12.9. The Morgan fingerprint density at radius 1 is 1.00 bits per heavy atom. The zero-order chi connectivity index (χ0) is 17.8. The van der Waals surface area contributed by atoms with E-state index in [9.17, 15) is 9.59 Å². The SMILES string of the molecule is CN(Cc1ccsc1)C(=O)c1ccccc1C(=O)c1ccc(Br)cc1. The molecule has 0 unspecified atom stereocenters. The van der Waals surface area contributed by atoms with Crippen LogP contribution in [-0.2, 0) is 6.54 Å². The summed E-state index contributed by atoms with van der Waals surface area (Å²) < 4.78 is 0.906. The van der Waals surface area contributed by atoms with E-state index in [0.29, 0.717) is 23.2 Å². The molecule has 0 fully saturated rings. The number of benzene rings is 2. The topological polar surface area (TPSA) is 37.4 Å². The fraction of sp³-hybridized carbons (Fsp3) is 0.100. The van der Waals surface area contributed by atoms with E-state index in [-0.39, 0.29) is 11.7 Å². The van der Waals surface area contributed by atoms with Crippen molar-refractivity contribution in [1.29, 1.82) is 0 Å². The fourth-order valence-electron chi connectivity index (χ4n) is 2.56. The second-order valence-corrected chi connectivity index (χ2v) is 7.37. The standard InChI is InChI=1S/C20H16BrNO2S/c1-22(12-14-10-11-25-13-14)20(24)18-5-3-2-4-17(18)19(23)15-6-8-16(21)9-7-15/h2-11,13H,12H2,1H3. The van der Waals surface area contributed by atoms with Crippen LogP contribution in [0.25, 0.3) is 0 Å². The number of carbonyl (C=O) groups is 2. The molecule has 3 nitrogen and oxygen atoms in total. The monoisotopic (exact) mass is 413 g/mol. The summed E-state index contributed by atoms with van der Waals surface area (Å²) in [6.45, 7) is 0.517. The van der Waals surface area contributed by atoms with Gasteiger partial charge >= 0.3 is 0 Å². The van der Waals surface area contributed by atoms with Crippen molar-refractivity contribution in [3.63, 3.8) is 0 Å². The quantitative estimate of drug-likeness (QED) is 0.551. The Labute approximate surface area is 159 Å². The number of hydrogen-bond acceptors (Lipinski definition) is 3. The van der Waals surface area contributed by atoms with Crippen LogP contribution in [0.1, 0.15) is 31.8 Å². The molecule has 3 rings (SSSR count). The summed E-state index contributed by atoms with van der Waals surface area (Å²) in [5.74, 6) is -0.312. The highest BCUT2D eigenvalue weighted by molar-refractivity contribution is 9.10. The van der Waals surface area contributed by atoms with Gasteiger partial charge in [-0.2, -0.15) is 11.3 Å². The van der Waals surface area contributed by atoms with Gasteiger partial charge in [0, 0.05) is 29.2 Å². The molecule has 0 radical (unpaired) electrons. The van der Waals surface area contributed by atoms with Gasteiger partial charge in [0.1, 0.15) is 0 Å². The third-order valence-electron chi connectivity index (χ3n) is 3.86. The van der Waals surface area contributed by atoms with Crippen LogP contribution in [0.2, 0.25) is 0 Å². The first-order valence-corrected chi connectivity index (χ1v) is 9.45. The Morgan fingerprint density at radius 2 is 1.68 bits per heavy atom. The lowest BCUT2D eigenvalue weighted by molar-refractivity contribution is 0.0780. The van der Waals surface area contributed by atoms with Crippen molar-refractivity contribution in [2.75, 3.05) is 7.05 Å². The maximum Gasteiger partial charge on any atom is 0.254 e. The number of amides is 1. The van der Waals surface area contributed by atoms with Gasteiger partial charge < -0.3 is 4.90 Å². The molecule has 1 amide bonds. The lowest BCUT2D eigenvalue weighted by Crippen LogP contribution is -2.27. The van der Waals surface area contributed by atoms with Crippen molar-refractivity contribution in [3.05, 3.63) is 92.1 Å². The van der Waals surface area contributed by atoms with Gasteiger partial charge in [-0.15, -0.1) is 0 Å². The lowest BCUT2D eigenvalue weighted by atomic mass is 9.97. The van der Waals surface area contributed by atoms with Crippen LogP contribution >= 0.6 is 27.3 Å². The van der Waals surface area contributed by atoms with Gasteiger partial charge in [0.2, 0.25) is 0 Å². The highest BCUT2D eigenvalue weighted by Gasteiger charge is 2.20. The van der Waals surface area contributed by atoms with Gasteiger partial charge in [0.25, 0.3) is 5.91 Å². The van der Waals surface area contributed by atoms with Crippen LogP contribution in [-0.4, -0.2) is 23.6 Å². The van der Waals surface area contributed by atoms with E-state index in [2.05, 4.69) is 15.9 Å². The molecule has 0 saturated heterocycles. The van der Waals surface area contributed by atoms with Gasteiger partial charge in [0.05, 0.1) is 5.56 Å². The van der Waals surface area contributed by atoms with E-state index in [1.165, 1.54) is 0 Å². The number of ketones is 1. The highest BCUT2D eigenvalue weighted by atomic mass is 79.9. The molecule has 0 N–H and O–H groups in total.